The zero-order chi connectivity index (χ0) is 12.6. The number of hydrogen-bond donors (Lipinski definition) is 0. The van der Waals surface area contributed by atoms with Crippen molar-refractivity contribution in [1.29, 1.82) is 0 Å². The van der Waals surface area contributed by atoms with Gasteiger partial charge in [-0.15, -0.1) is 0 Å². The maximum Gasteiger partial charge on any atom is 0.381 e. The number of Topliss-reactive ketones (excluding diaryl/α,β-unsaturated/α-hetero) is 1. The van der Waals surface area contributed by atoms with Gasteiger partial charge in [-0.3, -0.25) is 9.48 Å². The van der Waals surface area contributed by atoms with Crippen LogP contribution in [0.2, 0.25) is 5.02 Å². The van der Waals surface area contributed by atoms with Crippen LogP contribution in [0.1, 0.15) is 10.5 Å². The first-order valence-electron chi connectivity index (χ1n) is 4.79. The normalized spacial score (nSPS) is 10.5. The van der Waals surface area contributed by atoms with E-state index in [0.29, 0.717) is 10.4 Å². The highest BCUT2D eigenvalue weighted by Crippen LogP contribution is 2.22. The second kappa shape index (κ2) is 4.18. The molecule has 1 aromatic carbocycles. The monoisotopic (exact) mass is 252 g/mol. The van der Waals surface area contributed by atoms with Crippen molar-refractivity contribution in [1.82, 2.24) is 9.78 Å². The predicted octanol–water partition coefficient (Wildman–Crippen LogP) is 1.58. The number of carbonyl (C=O) groups excluding carboxylic acids is 2. The third-order valence-corrected chi connectivity index (χ3v) is 2.63. The molecule has 2 aromatic rings. The van der Waals surface area contributed by atoms with Gasteiger partial charge in [0.25, 0.3) is 5.78 Å². The van der Waals surface area contributed by atoms with E-state index >= 15 is 0 Å². The van der Waals surface area contributed by atoms with E-state index in [9.17, 15) is 9.59 Å². The van der Waals surface area contributed by atoms with Crippen LogP contribution in [-0.2, 0) is 16.6 Å². The average Bonchev–Trinajstić information content (AvgIpc) is 2.64. The van der Waals surface area contributed by atoms with Crippen molar-refractivity contribution in [2.24, 2.45) is 7.05 Å². The standard InChI is InChI=1S/C11H9ClN2O3/c1-14-8-4-3-6(12)5-7(8)9(13-14)10(15)11(16)17-2/h3-5H,1-2H3. The molecule has 1 aromatic heterocycles. The predicted molar refractivity (Wildman–Crippen MR) is 62.1 cm³/mol. The van der Waals surface area contributed by atoms with Gasteiger partial charge in [0.15, 0.2) is 0 Å². The number of rotatable bonds is 2. The zero-order valence-electron chi connectivity index (χ0n) is 9.23. The average molecular weight is 253 g/mol. The summed E-state index contributed by atoms with van der Waals surface area (Å²) in [5, 5.41) is 5.02. The van der Waals surface area contributed by atoms with Gasteiger partial charge in [0, 0.05) is 17.5 Å². The second-order valence-electron chi connectivity index (χ2n) is 3.45. The molecule has 0 bridgehead atoms. The van der Waals surface area contributed by atoms with Gasteiger partial charge in [-0.1, -0.05) is 11.6 Å². The van der Waals surface area contributed by atoms with Gasteiger partial charge in [0.2, 0.25) is 0 Å². The quantitative estimate of drug-likeness (QED) is 0.463. The van der Waals surface area contributed by atoms with E-state index < -0.39 is 11.8 Å². The minimum atomic E-state index is -0.940. The molecule has 0 aliphatic heterocycles. The Labute approximate surface area is 102 Å². The van der Waals surface area contributed by atoms with Crippen molar-refractivity contribution in [3.8, 4) is 0 Å². The SMILES string of the molecule is COC(=O)C(=O)c1nn(C)c2ccc(Cl)cc12. The Morgan fingerprint density at radius 3 is 2.76 bits per heavy atom. The number of carbonyl (C=O) groups is 2. The Balaban J connectivity index is 2.66. The molecular weight excluding hydrogens is 244 g/mol. The van der Waals surface area contributed by atoms with Crippen molar-refractivity contribution in [2.75, 3.05) is 7.11 Å². The highest BCUT2D eigenvalue weighted by Gasteiger charge is 2.23. The molecule has 0 atom stereocenters. The molecule has 0 fully saturated rings. The number of ether oxygens (including phenoxy) is 1. The van der Waals surface area contributed by atoms with Crippen molar-refractivity contribution in [3.05, 3.63) is 28.9 Å². The summed E-state index contributed by atoms with van der Waals surface area (Å²) < 4.78 is 5.90. The molecule has 88 valence electrons. The first-order chi connectivity index (χ1) is 8.04. The molecule has 1 heterocycles. The fraction of sp³-hybridized carbons (Fsp3) is 0.182. The lowest BCUT2D eigenvalue weighted by atomic mass is 10.1. The van der Waals surface area contributed by atoms with Gasteiger partial charge >= 0.3 is 5.97 Å². The van der Waals surface area contributed by atoms with E-state index in [1.807, 2.05) is 0 Å². The van der Waals surface area contributed by atoms with Crippen LogP contribution in [0, 0.1) is 0 Å². The number of nitrogens with zero attached hydrogens (tertiary/aromatic N) is 2. The molecule has 0 radical (unpaired) electrons. The number of benzene rings is 1. The fourth-order valence-electron chi connectivity index (χ4n) is 1.59. The molecule has 17 heavy (non-hydrogen) atoms. The summed E-state index contributed by atoms with van der Waals surface area (Å²) in [5.41, 5.74) is 0.776. The van der Waals surface area contributed by atoms with Crippen LogP contribution in [0.3, 0.4) is 0 Å². The van der Waals surface area contributed by atoms with Crippen molar-refractivity contribution in [3.63, 3.8) is 0 Å². The summed E-state index contributed by atoms with van der Waals surface area (Å²) in [6, 6.07) is 5.02. The van der Waals surface area contributed by atoms with Crippen molar-refractivity contribution < 1.29 is 14.3 Å². The Morgan fingerprint density at radius 2 is 2.12 bits per heavy atom. The number of aryl methyl sites for hydroxylation is 1. The third kappa shape index (κ3) is 1.89. The smallest absolute Gasteiger partial charge is 0.381 e. The van der Waals surface area contributed by atoms with Gasteiger partial charge in [0.1, 0.15) is 5.69 Å². The molecule has 2 rings (SSSR count). The van der Waals surface area contributed by atoms with Crippen LogP contribution in [0.25, 0.3) is 10.9 Å². The molecule has 0 spiro atoms. The Kier molecular flexibility index (Phi) is 2.85. The van der Waals surface area contributed by atoms with Crippen molar-refractivity contribution >= 4 is 34.3 Å². The van der Waals surface area contributed by atoms with Gasteiger partial charge in [-0.25, -0.2) is 4.79 Å². The minimum Gasteiger partial charge on any atom is -0.463 e. The summed E-state index contributed by atoms with van der Waals surface area (Å²) in [7, 11) is 2.84. The number of esters is 1. The summed E-state index contributed by atoms with van der Waals surface area (Å²) in [4.78, 5) is 22.9. The Bertz CT molecular complexity index is 618. The first-order valence-corrected chi connectivity index (χ1v) is 5.17. The lowest BCUT2D eigenvalue weighted by Crippen LogP contribution is -2.16. The maximum absolute atomic E-state index is 11.7. The first kappa shape index (κ1) is 11.6. The molecule has 6 heteroatoms. The second-order valence-corrected chi connectivity index (χ2v) is 3.89. The number of halogens is 1. The summed E-state index contributed by atoms with van der Waals surface area (Å²) in [6.45, 7) is 0. The van der Waals surface area contributed by atoms with Crippen LogP contribution in [0.5, 0.6) is 0 Å². The van der Waals surface area contributed by atoms with Crippen LogP contribution >= 0.6 is 11.6 Å². The summed E-state index contributed by atoms with van der Waals surface area (Å²) >= 11 is 5.85. The van der Waals surface area contributed by atoms with E-state index in [0.717, 1.165) is 12.6 Å². The summed E-state index contributed by atoms with van der Waals surface area (Å²) in [5.74, 6) is -1.72. The molecule has 0 saturated heterocycles. The number of methoxy groups -OCH3 is 1. The number of fused-ring (bicyclic) bond motifs is 1. The third-order valence-electron chi connectivity index (χ3n) is 2.40. The molecular formula is C11H9ClN2O3. The van der Waals surface area contributed by atoms with Crippen LogP contribution in [-0.4, -0.2) is 28.6 Å². The highest BCUT2D eigenvalue weighted by atomic mass is 35.5. The molecule has 0 N–H and O–H groups in total. The lowest BCUT2D eigenvalue weighted by Gasteiger charge is -1.95. The maximum atomic E-state index is 11.7. The highest BCUT2D eigenvalue weighted by molar-refractivity contribution is 6.42. The topological polar surface area (TPSA) is 61.2 Å². The van der Waals surface area contributed by atoms with E-state index in [1.54, 1.807) is 25.2 Å². The number of aromatic nitrogens is 2. The van der Waals surface area contributed by atoms with Gasteiger partial charge < -0.3 is 4.74 Å². The van der Waals surface area contributed by atoms with Crippen LogP contribution < -0.4 is 0 Å². The molecule has 0 amide bonds. The fourth-order valence-corrected chi connectivity index (χ4v) is 1.77. The molecule has 5 nitrogen and oxygen atoms in total. The van der Waals surface area contributed by atoms with Gasteiger partial charge in [-0.05, 0) is 18.2 Å². The van der Waals surface area contributed by atoms with E-state index in [1.165, 1.54) is 4.68 Å². The zero-order valence-corrected chi connectivity index (χ0v) is 9.99. The molecule has 0 unspecified atom stereocenters. The minimum absolute atomic E-state index is 0.0526. The van der Waals surface area contributed by atoms with Gasteiger partial charge in [-0.2, -0.15) is 5.10 Å². The van der Waals surface area contributed by atoms with E-state index in [2.05, 4.69) is 9.84 Å². The Hall–Kier alpha value is -1.88. The van der Waals surface area contributed by atoms with Crippen LogP contribution in [0.4, 0.5) is 0 Å². The lowest BCUT2D eigenvalue weighted by molar-refractivity contribution is -0.135. The Morgan fingerprint density at radius 1 is 1.41 bits per heavy atom. The molecule has 0 aliphatic carbocycles. The number of hydrogen-bond acceptors (Lipinski definition) is 4. The summed E-state index contributed by atoms with van der Waals surface area (Å²) in [6.07, 6.45) is 0. The molecule has 0 saturated carbocycles. The largest absolute Gasteiger partial charge is 0.463 e. The van der Waals surface area contributed by atoms with E-state index in [4.69, 9.17) is 11.6 Å². The van der Waals surface area contributed by atoms with E-state index in [-0.39, 0.29) is 5.69 Å². The molecule has 0 aliphatic rings. The van der Waals surface area contributed by atoms with Gasteiger partial charge in [0.05, 0.1) is 12.6 Å². The van der Waals surface area contributed by atoms with Crippen LogP contribution in [0.15, 0.2) is 18.2 Å². The van der Waals surface area contributed by atoms with Crippen molar-refractivity contribution in [2.45, 2.75) is 0 Å². The number of ketones is 1.